The van der Waals surface area contributed by atoms with E-state index in [1.54, 1.807) is 16.4 Å². The zero-order chi connectivity index (χ0) is 21.7. The number of pyridine rings is 1. The topological polar surface area (TPSA) is 112 Å². The Balaban J connectivity index is 0.00000145. The monoisotopic (exact) mass is 406 g/mol. The molecule has 156 valence electrons. The van der Waals surface area contributed by atoms with Crippen molar-refractivity contribution in [3.05, 3.63) is 44.8 Å². The molecule has 1 fully saturated rings. The van der Waals surface area contributed by atoms with Crippen LogP contribution in [0.4, 0.5) is 14.9 Å². The van der Waals surface area contributed by atoms with E-state index in [9.17, 15) is 28.8 Å². The number of aromatic nitrogens is 1. The van der Waals surface area contributed by atoms with Gasteiger partial charge in [0.05, 0.1) is 11.2 Å². The van der Waals surface area contributed by atoms with Crippen molar-refractivity contribution in [2.24, 2.45) is 5.18 Å². The van der Waals surface area contributed by atoms with Crippen LogP contribution in [0.3, 0.4) is 0 Å². The number of carboxylic acid groups (broad SMARTS) is 1. The number of fused-ring (bicyclic) bond motifs is 1. The van der Waals surface area contributed by atoms with Gasteiger partial charge in [0, 0.05) is 49.5 Å². The predicted molar refractivity (Wildman–Crippen MR) is 107 cm³/mol. The minimum absolute atomic E-state index is 0.00281. The Bertz CT molecular complexity index is 996. The van der Waals surface area contributed by atoms with E-state index in [0.717, 1.165) is 6.07 Å². The second kappa shape index (κ2) is 9.26. The zero-order valence-corrected chi connectivity index (χ0v) is 16.5. The van der Waals surface area contributed by atoms with Crippen molar-refractivity contribution in [3.63, 3.8) is 0 Å². The Hall–Kier alpha value is -3.30. The van der Waals surface area contributed by atoms with E-state index >= 15 is 0 Å². The molecule has 0 spiro atoms. The van der Waals surface area contributed by atoms with Crippen LogP contribution in [-0.4, -0.2) is 52.8 Å². The van der Waals surface area contributed by atoms with E-state index in [1.165, 1.54) is 17.2 Å². The summed E-state index contributed by atoms with van der Waals surface area (Å²) < 4.78 is 16.3. The number of urea groups is 1. The number of carboxylic acids is 1. The lowest BCUT2D eigenvalue weighted by molar-refractivity contribution is 0.0694. The van der Waals surface area contributed by atoms with E-state index in [2.05, 4.69) is 5.18 Å². The standard InChI is InChI=1S/C17H17FN4O5.C2H6/c1-2-20-9-11(16(24)25)15(23)10-7-12(18)14(8-13(10)20)21-3-5-22(6-4-21)17(26)19-27;1-2/h7-9H,2-6H2,1H3,(H,24,25);1-2H3. The SMILES string of the molecule is CC.CCn1cc(C(=O)O)c(=O)c2cc(F)c(N3CCN(C(=O)N=O)CC3)cc21. The van der Waals surface area contributed by atoms with Gasteiger partial charge < -0.3 is 19.5 Å². The molecule has 1 aliphatic heterocycles. The van der Waals surface area contributed by atoms with Gasteiger partial charge in [0.25, 0.3) is 0 Å². The summed E-state index contributed by atoms with van der Waals surface area (Å²) in [6.45, 7) is 7.23. The summed E-state index contributed by atoms with van der Waals surface area (Å²) in [4.78, 5) is 48.3. The Morgan fingerprint density at radius 2 is 1.79 bits per heavy atom. The molecule has 9 nitrogen and oxygen atoms in total. The van der Waals surface area contributed by atoms with Crippen LogP contribution in [0.1, 0.15) is 31.1 Å². The van der Waals surface area contributed by atoms with E-state index < -0.39 is 28.8 Å². The molecular formula is C19H23FN4O5. The summed E-state index contributed by atoms with van der Waals surface area (Å²) in [5, 5.41) is 11.6. The Morgan fingerprint density at radius 3 is 2.31 bits per heavy atom. The number of amides is 2. The first-order chi connectivity index (χ1) is 13.9. The summed E-state index contributed by atoms with van der Waals surface area (Å²) in [5.41, 5.74) is -0.472. The van der Waals surface area contributed by atoms with E-state index in [0.29, 0.717) is 25.2 Å². The molecule has 2 aromatic rings. The highest BCUT2D eigenvalue weighted by Gasteiger charge is 2.24. The first-order valence-corrected chi connectivity index (χ1v) is 9.34. The highest BCUT2D eigenvalue weighted by atomic mass is 19.1. The van der Waals surface area contributed by atoms with Gasteiger partial charge in [-0.15, -0.1) is 4.91 Å². The predicted octanol–water partition coefficient (Wildman–Crippen LogP) is 2.89. The van der Waals surface area contributed by atoms with E-state index in [4.69, 9.17) is 0 Å². The molecule has 29 heavy (non-hydrogen) atoms. The number of aryl methyl sites for hydroxylation is 1. The fraction of sp³-hybridized carbons (Fsp3) is 0.421. The van der Waals surface area contributed by atoms with Crippen molar-refractivity contribution >= 4 is 28.6 Å². The first-order valence-electron chi connectivity index (χ1n) is 9.34. The number of aromatic carboxylic acids is 1. The minimum atomic E-state index is -1.36. The van der Waals surface area contributed by atoms with Crippen LogP contribution in [0.5, 0.6) is 0 Å². The first kappa shape index (κ1) is 22.0. The van der Waals surface area contributed by atoms with Crippen molar-refractivity contribution in [1.29, 1.82) is 0 Å². The van der Waals surface area contributed by atoms with Gasteiger partial charge in [-0.05, 0) is 19.1 Å². The maximum atomic E-state index is 14.7. The number of nitroso groups, excluding NO2 is 1. The van der Waals surface area contributed by atoms with Crippen LogP contribution in [0.15, 0.2) is 28.3 Å². The van der Waals surface area contributed by atoms with Crippen LogP contribution in [0, 0.1) is 10.7 Å². The number of carbonyl (C=O) groups is 2. The van der Waals surface area contributed by atoms with Crippen molar-refractivity contribution in [2.45, 2.75) is 27.3 Å². The number of rotatable bonds is 3. The lowest BCUT2D eigenvalue weighted by Gasteiger charge is -2.35. The fourth-order valence-corrected chi connectivity index (χ4v) is 3.25. The summed E-state index contributed by atoms with van der Waals surface area (Å²) in [7, 11) is 0. The van der Waals surface area contributed by atoms with Gasteiger partial charge in [0.2, 0.25) is 5.43 Å². The molecule has 0 atom stereocenters. The number of carbonyl (C=O) groups excluding carboxylic acids is 1. The third kappa shape index (κ3) is 4.25. The number of benzene rings is 1. The van der Waals surface area contributed by atoms with Gasteiger partial charge in [-0.3, -0.25) is 4.79 Å². The molecule has 3 rings (SSSR count). The molecule has 0 bridgehead atoms. The zero-order valence-electron chi connectivity index (χ0n) is 16.5. The Morgan fingerprint density at radius 1 is 1.17 bits per heavy atom. The molecule has 2 amide bonds. The van der Waals surface area contributed by atoms with E-state index in [1.807, 2.05) is 13.8 Å². The van der Waals surface area contributed by atoms with Gasteiger partial charge >= 0.3 is 12.0 Å². The van der Waals surface area contributed by atoms with Crippen LogP contribution < -0.4 is 10.3 Å². The molecule has 1 aromatic heterocycles. The largest absolute Gasteiger partial charge is 0.477 e. The lowest BCUT2D eigenvalue weighted by atomic mass is 10.1. The number of nitrogens with zero attached hydrogens (tertiary/aromatic N) is 4. The second-order valence-corrected chi connectivity index (χ2v) is 6.13. The highest BCUT2D eigenvalue weighted by Crippen LogP contribution is 2.26. The third-order valence-corrected chi connectivity index (χ3v) is 4.69. The lowest BCUT2D eigenvalue weighted by Crippen LogP contribution is -2.48. The molecule has 0 radical (unpaired) electrons. The van der Waals surface area contributed by atoms with Gasteiger partial charge in [-0.1, -0.05) is 13.8 Å². The molecule has 1 saturated heterocycles. The molecule has 1 aliphatic rings. The van der Waals surface area contributed by atoms with Gasteiger partial charge in [-0.25, -0.2) is 14.0 Å². The van der Waals surface area contributed by atoms with Crippen molar-refractivity contribution < 1.29 is 19.1 Å². The summed E-state index contributed by atoms with van der Waals surface area (Å²) in [6.07, 6.45) is 1.25. The Kier molecular flexibility index (Phi) is 7.03. The molecule has 10 heteroatoms. The van der Waals surface area contributed by atoms with Crippen molar-refractivity contribution in [3.8, 4) is 0 Å². The molecule has 1 aromatic carbocycles. The molecular weight excluding hydrogens is 383 g/mol. The van der Waals surface area contributed by atoms with Crippen LogP contribution in [0.2, 0.25) is 0 Å². The van der Waals surface area contributed by atoms with Gasteiger partial charge in [-0.2, -0.15) is 0 Å². The average Bonchev–Trinajstić information content (AvgIpc) is 2.74. The molecule has 0 aliphatic carbocycles. The maximum Gasteiger partial charge on any atom is 0.381 e. The normalized spacial score (nSPS) is 13.7. The summed E-state index contributed by atoms with van der Waals surface area (Å²) >= 11 is 0. The molecule has 1 N–H and O–H groups in total. The highest BCUT2D eigenvalue weighted by molar-refractivity contribution is 5.93. The quantitative estimate of drug-likeness (QED) is 0.785. The second-order valence-electron chi connectivity index (χ2n) is 6.13. The van der Waals surface area contributed by atoms with Gasteiger partial charge in [0.1, 0.15) is 11.4 Å². The van der Waals surface area contributed by atoms with Crippen LogP contribution >= 0.6 is 0 Å². The fourth-order valence-electron chi connectivity index (χ4n) is 3.25. The van der Waals surface area contributed by atoms with E-state index in [-0.39, 0.29) is 24.2 Å². The number of anilines is 1. The number of hydrogen-bond acceptors (Lipinski definition) is 5. The van der Waals surface area contributed by atoms with Gasteiger partial charge in [0.15, 0.2) is 0 Å². The molecule has 2 heterocycles. The third-order valence-electron chi connectivity index (χ3n) is 4.69. The molecule has 0 saturated carbocycles. The summed E-state index contributed by atoms with van der Waals surface area (Å²) in [6, 6.07) is 1.71. The minimum Gasteiger partial charge on any atom is -0.477 e. The number of hydrogen-bond donors (Lipinski definition) is 1. The van der Waals surface area contributed by atoms with Crippen LogP contribution in [0.25, 0.3) is 10.9 Å². The summed E-state index contributed by atoms with van der Waals surface area (Å²) in [5.74, 6) is -2.02. The number of halogens is 1. The average molecular weight is 406 g/mol. The molecule has 0 unspecified atom stereocenters. The van der Waals surface area contributed by atoms with Crippen molar-refractivity contribution in [1.82, 2.24) is 9.47 Å². The smallest absolute Gasteiger partial charge is 0.381 e. The van der Waals surface area contributed by atoms with Crippen molar-refractivity contribution in [2.75, 3.05) is 31.1 Å². The number of piperazine rings is 1. The van der Waals surface area contributed by atoms with Crippen LogP contribution in [-0.2, 0) is 6.54 Å². The maximum absolute atomic E-state index is 14.7. The Labute approximate surface area is 166 Å².